The summed E-state index contributed by atoms with van der Waals surface area (Å²) in [4.78, 5) is 23.9. The van der Waals surface area contributed by atoms with Crippen LogP contribution in [0.5, 0.6) is 0 Å². The van der Waals surface area contributed by atoms with E-state index >= 15 is 0 Å². The lowest BCUT2D eigenvalue weighted by Crippen LogP contribution is -2.52. The number of benzene rings is 2. The molecular formula is C23H25Cl2NO5. The van der Waals surface area contributed by atoms with Gasteiger partial charge in [-0.15, -0.1) is 6.58 Å². The van der Waals surface area contributed by atoms with Crippen molar-refractivity contribution in [2.24, 2.45) is 0 Å². The molecule has 0 saturated carbocycles. The lowest BCUT2D eigenvalue weighted by atomic mass is 9.95. The molecule has 2 rings (SSSR count). The Balaban J connectivity index is 2.21. The van der Waals surface area contributed by atoms with Crippen molar-refractivity contribution in [2.45, 2.75) is 38.0 Å². The number of halogens is 2. The van der Waals surface area contributed by atoms with Gasteiger partial charge >= 0.3 is 5.97 Å². The van der Waals surface area contributed by atoms with Crippen LogP contribution in [-0.4, -0.2) is 46.9 Å². The molecular weight excluding hydrogens is 441 g/mol. The summed E-state index contributed by atoms with van der Waals surface area (Å²) in [5, 5.41) is 24.3. The molecule has 0 aliphatic rings. The topological polar surface area (TPSA) is 95.9 Å². The maximum atomic E-state index is 12.1. The van der Waals surface area contributed by atoms with Gasteiger partial charge in [-0.2, -0.15) is 0 Å². The average molecular weight is 466 g/mol. The molecule has 6 nitrogen and oxygen atoms in total. The first-order valence-electron chi connectivity index (χ1n) is 9.73. The predicted octanol–water partition coefficient (Wildman–Crippen LogP) is 3.55. The molecule has 0 aliphatic carbocycles. The van der Waals surface area contributed by atoms with Crippen LogP contribution in [0, 0.1) is 0 Å². The van der Waals surface area contributed by atoms with Crippen LogP contribution >= 0.6 is 23.2 Å². The standard InChI is InChI=1S/C23H25Cl2NO5/c1-3-5-20(27)26-19(21(28)22(29)23(30)31-4-2)10-14-6-8-15(9-7-14)16-11-17(24)13-18(25)12-16/h3,6-9,11-13,19,21-22,28-29H,1,4-5,10H2,2H3,(H,26,27)/t19-,21-,22+/m0/s1. The molecule has 166 valence electrons. The highest BCUT2D eigenvalue weighted by Crippen LogP contribution is 2.27. The zero-order chi connectivity index (χ0) is 23.0. The molecule has 8 heteroatoms. The predicted molar refractivity (Wildman–Crippen MR) is 121 cm³/mol. The normalized spacial score (nSPS) is 13.7. The minimum absolute atomic E-state index is 0.0349. The number of nitrogens with one attached hydrogen (secondary N) is 1. The lowest BCUT2D eigenvalue weighted by molar-refractivity contribution is -0.160. The van der Waals surface area contributed by atoms with Crippen LogP contribution in [0.3, 0.4) is 0 Å². The van der Waals surface area contributed by atoms with Gasteiger partial charge in [-0.25, -0.2) is 4.79 Å². The van der Waals surface area contributed by atoms with Gasteiger partial charge in [0, 0.05) is 16.5 Å². The highest BCUT2D eigenvalue weighted by molar-refractivity contribution is 6.35. The molecule has 2 aromatic carbocycles. The molecule has 0 radical (unpaired) electrons. The van der Waals surface area contributed by atoms with Crippen molar-refractivity contribution in [1.82, 2.24) is 5.32 Å². The number of carbonyl (C=O) groups is 2. The van der Waals surface area contributed by atoms with Gasteiger partial charge in [0.1, 0.15) is 6.10 Å². The van der Waals surface area contributed by atoms with Crippen molar-refractivity contribution in [1.29, 1.82) is 0 Å². The van der Waals surface area contributed by atoms with E-state index in [1.165, 1.54) is 6.08 Å². The SMILES string of the molecule is C=CCC(=O)N[C@@H](Cc1ccc(-c2cc(Cl)cc(Cl)c2)cc1)[C@H](O)[C@@H](O)C(=O)OCC. The number of aliphatic hydroxyl groups is 2. The molecule has 0 spiro atoms. The number of hydrogen-bond donors (Lipinski definition) is 3. The first kappa shape index (κ1) is 24.9. The molecule has 3 atom stereocenters. The number of rotatable bonds is 10. The zero-order valence-electron chi connectivity index (χ0n) is 17.1. The summed E-state index contributed by atoms with van der Waals surface area (Å²) in [6, 6.07) is 11.7. The third-order valence-electron chi connectivity index (χ3n) is 4.55. The molecule has 2 aromatic rings. The fourth-order valence-corrected chi connectivity index (χ4v) is 3.57. The van der Waals surface area contributed by atoms with Crippen molar-refractivity contribution in [2.75, 3.05) is 6.61 Å². The molecule has 0 bridgehead atoms. The van der Waals surface area contributed by atoms with Crippen LogP contribution in [0.4, 0.5) is 0 Å². The number of ether oxygens (including phenoxy) is 1. The van der Waals surface area contributed by atoms with Gasteiger partial charge in [-0.05, 0) is 48.2 Å². The Bertz CT molecular complexity index is 896. The fourth-order valence-electron chi connectivity index (χ4n) is 3.05. The number of amides is 1. The number of carbonyl (C=O) groups excluding carboxylic acids is 2. The van der Waals surface area contributed by atoms with Gasteiger partial charge in [-0.3, -0.25) is 4.79 Å². The third kappa shape index (κ3) is 7.36. The maximum Gasteiger partial charge on any atom is 0.337 e. The molecule has 0 saturated heterocycles. The van der Waals surface area contributed by atoms with Gasteiger partial charge in [0.2, 0.25) is 5.91 Å². The summed E-state index contributed by atoms with van der Waals surface area (Å²) in [5.74, 6) is -1.34. The first-order valence-corrected chi connectivity index (χ1v) is 10.5. The molecule has 0 aliphatic heterocycles. The Morgan fingerprint density at radius 1 is 1.10 bits per heavy atom. The maximum absolute atomic E-state index is 12.1. The summed E-state index contributed by atoms with van der Waals surface area (Å²) in [6.07, 6.45) is -1.71. The van der Waals surface area contributed by atoms with Crippen LogP contribution in [0.1, 0.15) is 18.9 Å². The fraction of sp³-hybridized carbons (Fsp3) is 0.304. The first-order chi connectivity index (χ1) is 14.7. The number of hydrogen-bond acceptors (Lipinski definition) is 5. The van der Waals surface area contributed by atoms with E-state index in [1.807, 2.05) is 24.3 Å². The van der Waals surface area contributed by atoms with Gasteiger partial charge in [0.15, 0.2) is 6.10 Å². The van der Waals surface area contributed by atoms with E-state index in [2.05, 4.69) is 11.9 Å². The monoisotopic (exact) mass is 465 g/mol. The average Bonchev–Trinajstić information content (AvgIpc) is 2.72. The third-order valence-corrected chi connectivity index (χ3v) is 4.98. The minimum atomic E-state index is -1.79. The summed E-state index contributed by atoms with van der Waals surface area (Å²) in [6.45, 7) is 5.16. The van der Waals surface area contributed by atoms with Crippen molar-refractivity contribution >= 4 is 35.1 Å². The van der Waals surface area contributed by atoms with Gasteiger partial charge in [0.25, 0.3) is 0 Å². The molecule has 31 heavy (non-hydrogen) atoms. The van der Waals surface area contributed by atoms with E-state index in [9.17, 15) is 19.8 Å². The van der Waals surface area contributed by atoms with Crippen LogP contribution in [0.15, 0.2) is 55.1 Å². The van der Waals surface area contributed by atoms with Crippen molar-refractivity contribution < 1.29 is 24.5 Å². The molecule has 3 N–H and O–H groups in total. The Kier molecular flexibility index (Phi) is 9.52. The van der Waals surface area contributed by atoms with Gasteiger partial charge in [0.05, 0.1) is 12.6 Å². The largest absolute Gasteiger partial charge is 0.464 e. The summed E-state index contributed by atoms with van der Waals surface area (Å²) >= 11 is 12.1. The van der Waals surface area contributed by atoms with E-state index in [4.69, 9.17) is 27.9 Å². The van der Waals surface area contributed by atoms with E-state index in [0.717, 1.165) is 16.7 Å². The summed E-state index contributed by atoms with van der Waals surface area (Å²) < 4.78 is 4.76. The van der Waals surface area contributed by atoms with Gasteiger partial charge in [-0.1, -0.05) is 53.5 Å². The van der Waals surface area contributed by atoms with E-state index in [0.29, 0.717) is 10.0 Å². The Labute approximate surface area is 191 Å². The van der Waals surface area contributed by atoms with E-state index in [-0.39, 0.29) is 25.4 Å². The Hall–Kier alpha value is -2.38. The van der Waals surface area contributed by atoms with Crippen LogP contribution in [0.25, 0.3) is 11.1 Å². The van der Waals surface area contributed by atoms with Gasteiger partial charge < -0.3 is 20.3 Å². The summed E-state index contributed by atoms with van der Waals surface area (Å²) in [5.41, 5.74) is 2.50. The smallest absolute Gasteiger partial charge is 0.337 e. The van der Waals surface area contributed by atoms with Crippen LogP contribution in [-0.2, 0) is 20.7 Å². The number of esters is 1. The molecule has 0 aromatic heterocycles. The van der Waals surface area contributed by atoms with Crippen molar-refractivity contribution in [3.05, 3.63) is 70.7 Å². The molecule has 0 heterocycles. The highest BCUT2D eigenvalue weighted by atomic mass is 35.5. The van der Waals surface area contributed by atoms with E-state index in [1.54, 1.807) is 25.1 Å². The molecule has 0 fully saturated rings. The summed E-state index contributed by atoms with van der Waals surface area (Å²) in [7, 11) is 0. The van der Waals surface area contributed by atoms with Crippen LogP contribution < -0.4 is 5.32 Å². The zero-order valence-corrected chi connectivity index (χ0v) is 18.6. The van der Waals surface area contributed by atoms with E-state index < -0.39 is 24.2 Å². The second kappa shape index (κ2) is 11.9. The Morgan fingerprint density at radius 2 is 1.71 bits per heavy atom. The molecule has 1 amide bonds. The lowest BCUT2D eigenvalue weighted by Gasteiger charge is -2.27. The number of aliphatic hydroxyl groups excluding tert-OH is 2. The second-order valence-electron chi connectivity index (χ2n) is 6.91. The second-order valence-corrected chi connectivity index (χ2v) is 7.79. The quantitative estimate of drug-likeness (QED) is 0.368. The Morgan fingerprint density at radius 3 is 2.26 bits per heavy atom. The minimum Gasteiger partial charge on any atom is -0.464 e. The molecule has 0 unspecified atom stereocenters. The van der Waals surface area contributed by atoms with Crippen molar-refractivity contribution in [3.63, 3.8) is 0 Å². The van der Waals surface area contributed by atoms with Crippen LogP contribution in [0.2, 0.25) is 10.0 Å². The van der Waals surface area contributed by atoms with Crippen molar-refractivity contribution in [3.8, 4) is 11.1 Å². The highest BCUT2D eigenvalue weighted by Gasteiger charge is 2.33.